The van der Waals surface area contributed by atoms with Crippen molar-refractivity contribution in [1.82, 2.24) is 15.5 Å². The standard InChI is InChI=1S/C16H18N4O3/c1-2-7-17-16(23)18-10-8-13-14(21)19-12-6-4-3-5-11(12)15(22)20(13)9-10/h2-6,10,13H,1,7-9H2,(H,19,21)(H2,17,18,23)/t10-,13-/m0/s1. The Kier molecular flexibility index (Phi) is 4.01. The van der Waals surface area contributed by atoms with E-state index in [2.05, 4.69) is 22.5 Å². The lowest BCUT2D eigenvalue weighted by atomic mass is 10.1. The molecule has 7 nitrogen and oxygen atoms in total. The third-order valence-corrected chi connectivity index (χ3v) is 4.02. The molecule has 2 heterocycles. The van der Waals surface area contributed by atoms with Crippen LogP contribution in [0.1, 0.15) is 16.8 Å². The molecule has 0 spiro atoms. The molecule has 3 N–H and O–H groups in total. The molecule has 1 fully saturated rings. The molecule has 0 unspecified atom stereocenters. The first-order valence-corrected chi connectivity index (χ1v) is 7.46. The van der Waals surface area contributed by atoms with Gasteiger partial charge in [0.05, 0.1) is 17.3 Å². The van der Waals surface area contributed by atoms with Crippen molar-refractivity contribution in [1.29, 1.82) is 0 Å². The van der Waals surface area contributed by atoms with Gasteiger partial charge in [-0.2, -0.15) is 0 Å². The van der Waals surface area contributed by atoms with E-state index >= 15 is 0 Å². The molecule has 2 aliphatic heterocycles. The van der Waals surface area contributed by atoms with Crippen molar-refractivity contribution < 1.29 is 14.4 Å². The fourth-order valence-electron chi connectivity index (χ4n) is 2.96. The Hall–Kier alpha value is -2.83. The van der Waals surface area contributed by atoms with Crippen LogP contribution in [0.5, 0.6) is 0 Å². The van der Waals surface area contributed by atoms with E-state index in [0.717, 1.165) is 0 Å². The van der Waals surface area contributed by atoms with E-state index in [1.165, 1.54) is 4.90 Å². The Balaban J connectivity index is 1.75. The van der Waals surface area contributed by atoms with E-state index in [9.17, 15) is 14.4 Å². The van der Waals surface area contributed by atoms with Gasteiger partial charge in [0, 0.05) is 13.1 Å². The molecule has 2 atom stereocenters. The average Bonchev–Trinajstić information content (AvgIpc) is 2.93. The quantitative estimate of drug-likeness (QED) is 0.718. The lowest BCUT2D eigenvalue weighted by molar-refractivity contribution is -0.119. The first-order valence-electron chi connectivity index (χ1n) is 7.46. The number of amides is 4. The molecule has 0 bridgehead atoms. The average molecular weight is 314 g/mol. The summed E-state index contributed by atoms with van der Waals surface area (Å²) in [5.74, 6) is -0.418. The fourth-order valence-corrected chi connectivity index (χ4v) is 2.96. The summed E-state index contributed by atoms with van der Waals surface area (Å²) >= 11 is 0. The van der Waals surface area contributed by atoms with E-state index < -0.39 is 6.04 Å². The van der Waals surface area contributed by atoms with Gasteiger partial charge in [0.25, 0.3) is 5.91 Å². The number of fused-ring (bicyclic) bond motifs is 2. The second kappa shape index (κ2) is 6.12. The molecular weight excluding hydrogens is 296 g/mol. The Morgan fingerprint density at radius 3 is 2.96 bits per heavy atom. The van der Waals surface area contributed by atoms with Crippen LogP contribution in [-0.4, -0.2) is 47.9 Å². The van der Waals surface area contributed by atoms with Crippen molar-refractivity contribution in [3.8, 4) is 0 Å². The number of carbonyl (C=O) groups excluding carboxylic acids is 3. The van der Waals surface area contributed by atoms with Gasteiger partial charge in [-0.25, -0.2) is 4.79 Å². The highest BCUT2D eigenvalue weighted by atomic mass is 16.2. The minimum absolute atomic E-state index is 0.195. The van der Waals surface area contributed by atoms with Crippen LogP contribution in [0.4, 0.5) is 10.5 Å². The third kappa shape index (κ3) is 2.90. The van der Waals surface area contributed by atoms with E-state index in [0.29, 0.717) is 30.8 Å². The van der Waals surface area contributed by atoms with Gasteiger partial charge in [-0.05, 0) is 18.6 Å². The van der Waals surface area contributed by atoms with Crippen molar-refractivity contribution in [3.05, 3.63) is 42.5 Å². The second-order valence-electron chi connectivity index (χ2n) is 5.58. The number of nitrogens with zero attached hydrogens (tertiary/aromatic N) is 1. The first kappa shape index (κ1) is 15.1. The summed E-state index contributed by atoms with van der Waals surface area (Å²) in [6.45, 7) is 4.20. The summed E-state index contributed by atoms with van der Waals surface area (Å²) in [6, 6.07) is 5.78. The van der Waals surface area contributed by atoms with E-state index in [1.807, 2.05) is 0 Å². The van der Waals surface area contributed by atoms with Crippen molar-refractivity contribution in [3.63, 3.8) is 0 Å². The number of hydrogen-bond acceptors (Lipinski definition) is 3. The molecule has 3 rings (SSSR count). The molecule has 1 saturated heterocycles. The second-order valence-corrected chi connectivity index (χ2v) is 5.58. The number of rotatable bonds is 3. The highest BCUT2D eigenvalue weighted by Crippen LogP contribution is 2.28. The summed E-state index contributed by atoms with van der Waals surface area (Å²) in [7, 11) is 0. The Morgan fingerprint density at radius 1 is 1.39 bits per heavy atom. The van der Waals surface area contributed by atoms with Crippen molar-refractivity contribution in [2.24, 2.45) is 0 Å². The molecule has 1 aromatic carbocycles. The number of urea groups is 1. The fraction of sp³-hybridized carbons (Fsp3) is 0.312. The van der Waals surface area contributed by atoms with Crippen LogP contribution < -0.4 is 16.0 Å². The zero-order chi connectivity index (χ0) is 16.4. The minimum Gasteiger partial charge on any atom is -0.335 e. The smallest absolute Gasteiger partial charge is 0.315 e. The van der Waals surface area contributed by atoms with Gasteiger partial charge < -0.3 is 20.9 Å². The zero-order valence-electron chi connectivity index (χ0n) is 12.5. The monoisotopic (exact) mass is 314 g/mol. The Labute approximate surface area is 133 Å². The predicted octanol–water partition coefficient (Wildman–Crippen LogP) is 0.707. The number of anilines is 1. The molecule has 23 heavy (non-hydrogen) atoms. The van der Waals surface area contributed by atoms with Crippen LogP contribution in [0, 0.1) is 0 Å². The van der Waals surface area contributed by atoms with Gasteiger partial charge in [-0.3, -0.25) is 9.59 Å². The lowest BCUT2D eigenvalue weighted by Gasteiger charge is -2.20. The van der Waals surface area contributed by atoms with Crippen LogP contribution in [0.25, 0.3) is 0 Å². The highest BCUT2D eigenvalue weighted by Gasteiger charge is 2.42. The molecule has 0 aromatic heterocycles. The summed E-state index contributed by atoms with van der Waals surface area (Å²) in [6.07, 6.45) is 1.97. The van der Waals surface area contributed by atoms with Crippen molar-refractivity contribution in [2.45, 2.75) is 18.5 Å². The van der Waals surface area contributed by atoms with Crippen LogP contribution in [-0.2, 0) is 4.79 Å². The van der Waals surface area contributed by atoms with Gasteiger partial charge in [-0.1, -0.05) is 18.2 Å². The highest BCUT2D eigenvalue weighted by molar-refractivity contribution is 6.10. The van der Waals surface area contributed by atoms with E-state index in [-0.39, 0.29) is 23.9 Å². The predicted molar refractivity (Wildman–Crippen MR) is 85.0 cm³/mol. The maximum absolute atomic E-state index is 12.7. The molecule has 0 aliphatic carbocycles. The van der Waals surface area contributed by atoms with Gasteiger partial charge >= 0.3 is 6.03 Å². The molecule has 0 radical (unpaired) electrons. The van der Waals surface area contributed by atoms with Gasteiger partial charge in [-0.15, -0.1) is 6.58 Å². The van der Waals surface area contributed by atoms with Crippen LogP contribution >= 0.6 is 0 Å². The summed E-state index contributed by atoms with van der Waals surface area (Å²) < 4.78 is 0. The van der Waals surface area contributed by atoms with Crippen molar-refractivity contribution in [2.75, 3.05) is 18.4 Å². The normalized spacial score (nSPS) is 22.5. The van der Waals surface area contributed by atoms with E-state index in [4.69, 9.17) is 0 Å². The summed E-state index contributed by atoms with van der Waals surface area (Å²) in [5, 5.41) is 8.19. The molecule has 7 heteroatoms. The Bertz CT molecular complexity index is 673. The topological polar surface area (TPSA) is 90.5 Å². The lowest BCUT2D eigenvalue weighted by Crippen LogP contribution is -2.44. The molecule has 2 aliphatic rings. The third-order valence-electron chi connectivity index (χ3n) is 4.02. The summed E-state index contributed by atoms with van der Waals surface area (Å²) in [4.78, 5) is 38.3. The van der Waals surface area contributed by atoms with Crippen LogP contribution in [0.2, 0.25) is 0 Å². The molecule has 0 saturated carbocycles. The molecular formula is C16H18N4O3. The number of para-hydroxylation sites is 1. The maximum atomic E-state index is 12.7. The summed E-state index contributed by atoms with van der Waals surface area (Å²) in [5.41, 5.74) is 1.00. The Morgan fingerprint density at radius 2 is 2.17 bits per heavy atom. The number of carbonyl (C=O) groups is 3. The maximum Gasteiger partial charge on any atom is 0.315 e. The molecule has 120 valence electrons. The largest absolute Gasteiger partial charge is 0.335 e. The number of hydrogen-bond donors (Lipinski definition) is 3. The minimum atomic E-state index is -0.570. The molecule has 4 amide bonds. The van der Waals surface area contributed by atoms with Gasteiger partial charge in [0.15, 0.2) is 0 Å². The molecule has 1 aromatic rings. The number of nitrogens with one attached hydrogen (secondary N) is 3. The zero-order valence-corrected chi connectivity index (χ0v) is 12.5. The van der Waals surface area contributed by atoms with Crippen molar-refractivity contribution >= 4 is 23.5 Å². The van der Waals surface area contributed by atoms with Crippen LogP contribution in [0.3, 0.4) is 0 Å². The number of benzene rings is 1. The van der Waals surface area contributed by atoms with Gasteiger partial charge in [0.1, 0.15) is 6.04 Å². The SMILES string of the molecule is C=CCNC(=O)N[C@H]1C[C@H]2C(=O)Nc3ccccc3C(=O)N2C1. The van der Waals surface area contributed by atoms with Gasteiger partial charge in [0.2, 0.25) is 5.91 Å². The van der Waals surface area contributed by atoms with Crippen LogP contribution in [0.15, 0.2) is 36.9 Å². The van der Waals surface area contributed by atoms with E-state index in [1.54, 1.807) is 30.3 Å². The first-order chi connectivity index (χ1) is 11.1.